The van der Waals surface area contributed by atoms with E-state index >= 15 is 0 Å². The second kappa shape index (κ2) is 4.54. The highest BCUT2D eigenvalue weighted by atomic mass is 32.2. The standard InChI is InChI=1S/C12H16FNS/c13-7-8-15-11-4-2-1-3-10(11)12(9-14)5-6-12/h1-4H,5-9,14H2. The van der Waals surface area contributed by atoms with Crippen LogP contribution in [0.5, 0.6) is 0 Å². The van der Waals surface area contributed by atoms with Crippen LogP contribution in [0, 0.1) is 0 Å². The SMILES string of the molecule is NCC1(c2ccccc2SCCF)CC1. The number of hydrogen-bond donors (Lipinski definition) is 1. The van der Waals surface area contributed by atoms with Crippen LogP contribution in [0.4, 0.5) is 4.39 Å². The first-order valence-corrected chi connectivity index (χ1v) is 6.29. The van der Waals surface area contributed by atoms with Gasteiger partial charge in [0, 0.05) is 22.6 Å². The van der Waals surface area contributed by atoms with E-state index in [2.05, 4.69) is 12.1 Å². The van der Waals surface area contributed by atoms with Gasteiger partial charge in [-0.1, -0.05) is 18.2 Å². The Morgan fingerprint density at radius 3 is 2.67 bits per heavy atom. The summed E-state index contributed by atoms with van der Waals surface area (Å²) in [5.41, 5.74) is 7.35. The zero-order chi connectivity index (χ0) is 10.7. The Labute approximate surface area is 94.2 Å². The molecule has 0 heterocycles. The summed E-state index contributed by atoms with van der Waals surface area (Å²) in [4.78, 5) is 1.21. The number of hydrogen-bond acceptors (Lipinski definition) is 2. The van der Waals surface area contributed by atoms with Gasteiger partial charge in [-0.05, 0) is 24.5 Å². The van der Waals surface area contributed by atoms with Crippen LogP contribution in [0.15, 0.2) is 29.2 Å². The zero-order valence-electron chi connectivity index (χ0n) is 8.71. The molecule has 0 unspecified atom stereocenters. The minimum atomic E-state index is -0.269. The number of nitrogens with two attached hydrogens (primary N) is 1. The van der Waals surface area contributed by atoms with E-state index < -0.39 is 0 Å². The highest BCUT2D eigenvalue weighted by molar-refractivity contribution is 7.99. The lowest BCUT2D eigenvalue weighted by molar-refractivity contribution is 0.532. The molecule has 1 aromatic rings. The average molecular weight is 225 g/mol. The molecule has 3 heteroatoms. The predicted molar refractivity (Wildman–Crippen MR) is 63.1 cm³/mol. The maximum absolute atomic E-state index is 12.2. The molecule has 0 radical (unpaired) electrons. The molecule has 1 nitrogen and oxygen atoms in total. The zero-order valence-corrected chi connectivity index (χ0v) is 9.52. The quantitative estimate of drug-likeness (QED) is 0.780. The summed E-state index contributed by atoms with van der Waals surface area (Å²) < 4.78 is 12.2. The summed E-state index contributed by atoms with van der Waals surface area (Å²) >= 11 is 1.60. The molecule has 0 saturated heterocycles. The Morgan fingerprint density at radius 1 is 1.33 bits per heavy atom. The van der Waals surface area contributed by atoms with Gasteiger partial charge >= 0.3 is 0 Å². The molecule has 0 atom stereocenters. The number of rotatable bonds is 5. The number of thioether (sulfide) groups is 1. The fourth-order valence-corrected chi connectivity index (χ4v) is 2.83. The van der Waals surface area contributed by atoms with Crippen LogP contribution >= 0.6 is 11.8 Å². The van der Waals surface area contributed by atoms with E-state index in [1.54, 1.807) is 11.8 Å². The first-order valence-electron chi connectivity index (χ1n) is 5.31. The van der Waals surface area contributed by atoms with Gasteiger partial charge in [-0.25, -0.2) is 0 Å². The van der Waals surface area contributed by atoms with Crippen LogP contribution in [0.25, 0.3) is 0 Å². The Kier molecular flexibility index (Phi) is 3.32. The summed E-state index contributed by atoms with van der Waals surface area (Å²) in [6.07, 6.45) is 2.35. The van der Waals surface area contributed by atoms with Crippen molar-refractivity contribution in [1.29, 1.82) is 0 Å². The van der Waals surface area contributed by atoms with Crippen molar-refractivity contribution in [2.24, 2.45) is 5.73 Å². The molecule has 0 aromatic heterocycles. The number of benzene rings is 1. The predicted octanol–water partition coefficient (Wildman–Crippen LogP) is 2.74. The molecule has 0 amide bonds. The highest BCUT2D eigenvalue weighted by Gasteiger charge is 2.44. The van der Waals surface area contributed by atoms with Crippen LogP contribution in [-0.4, -0.2) is 19.0 Å². The highest BCUT2D eigenvalue weighted by Crippen LogP contribution is 2.50. The Morgan fingerprint density at radius 2 is 2.07 bits per heavy atom. The van der Waals surface area contributed by atoms with Crippen LogP contribution in [0.1, 0.15) is 18.4 Å². The Balaban J connectivity index is 2.22. The van der Waals surface area contributed by atoms with E-state index in [0.29, 0.717) is 12.3 Å². The van der Waals surface area contributed by atoms with Crippen molar-refractivity contribution in [2.45, 2.75) is 23.2 Å². The monoisotopic (exact) mass is 225 g/mol. The van der Waals surface area contributed by atoms with Crippen molar-refractivity contribution >= 4 is 11.8 Å². The average Bonchev–Trinajstić information content (AvgIpc) is 3.08. The van der Waals surface area contributed by atoms with Crippen LogP contribution in [-0.2, 0) is 5.41 Å². The molecule has 0 spiro atoms. The van der Waals surface area contributed by atoms with E-state index in [0.717, 1.165) is 0 Å². The Hall–Kier alpha value is -0.540. The van der Waals surface area contributed by atoms with Crippen molar-refractivity contribution in [1.82, 2.24) is 0 Å². The van der Waals surface area contributed by atoms with Gasteiger partial charge in [-0.3, -0.25) is 4.39 Å². The largest absolute Gasteiger partial charge is 0.330 e. The first kappa shape index (κ1) is 11.0. The summed E-state index contributed by atoms with van der Waals surface area (Å²) in [7, 11) is 0. The van der Waals surface area contributed by atoms with Gasteiger partial charge in [-0.15, -0.1) is 11.8 Å². The number of alkyl halides is 1. The molecule has 2 N–H and O–H groups in total. The van der Waals surface area contributed by atoms with Gasteiger partial charge in [0.1, 0.15) is 0 Å². The van der Waals surface area contributed by atoms with E-state index in [1.807, 2.05) is 12.1 Å². The molecule has 2 rings (SSSR count). The van der Waals surface area contributed by atoms with Crippen molar-refractivity contribution in [3.63, 3.8) is 0 Å². The van der Waals surface area contributed by atoms with Gasteiger partial charge in [0.2, 0.25) is 0 Å². The van der Waals surface area contributed by atoms with Gasteiger partial charge in [0.05, 0.1) is 6.67 Å². The molecule has 0 bridgehead atoms. The second-order valence-electron chi connectivity index (χ2n) is 4.02. The molecule has 1 aliphatic rings. The third-order valence-electron chi connectivity index (χ3n) is 3.04. The maximum Gasteiger partial charge on any atom is 0.0988 e. The molecule has 1 aromatic carbocycles. The topological polar surface area (TPSA) is 26.0 Å². The van der Waals surface area contributed by atoms with Crippen molar-refractivity contribution in [3.05, 3.63) is 29.8 Å². The van der Waals surface area contributed by atoms with Crippen LogP contribution in [0.2, 0.25) is 0 Å². The third-order valence-corrected chi connectivity index (χ3v) is 4.06. The molecular weight excluding hydrogens is 209 g/mol. The lowest BCUT2D eigenvalue weighted by atomic mass is 9.96. The van der Waals surface area contributed by atoms with Crippen molar-refractivity contribution < 1.29 is 4.39 Å². The summed E-state index contributed by atoms with van der Waals surface area (Å²) in [5.74, 6) is 0.539. The van der Waals surface area contributed by atoms with Crippen molar-refractivity contribution in [3.8, 4) is 0 Å². The van der Waals surface area contributed by atoms with Crippen LogP contribution in [0.3, 0.4) is 0 Å². The molecule has 15 heavy (non-hydrogen) atoms. The number of halogens is 1. The van der Waals surface area contributed by atoms with E-state index in [4.69, 9.17) is 5.73 Å². The van der Waals surface area contributed by atoms with E-state index in [-0.39, 0.29) is 12.1 Å². The van der Waals surface area contributed by atoms with Gasteiger partial charge in [0.15, 0.2) is 0 Å². The first-order chi connectivity index (χ1) is 7.32. The normalized spacial score (nSPS) is 17.7. The summed E-state index contributed by atoms with van der Waals surface area (Å²) in [5, 5.41) is 0. The van der Waals surface area contributed by atoms with Gasteiger partial charge in [-0.2, -0.15) is 0 Å². The third kappa shape index (κ3) is 2.18. The lowest BCUT2D eigenvalue weighted by Gasteiger charge is -2.16. The fraction of sp³-hybridized carbons (Fsp3) is 0.500. The van der Waals surface area contributed by atoms with Gasteiger partial charge in [0.25, 0.3) is 0 Å². The fourth-order valence-electron chi connectivity index (χ4n) is 1.91. The lowest BCUT2D eigenvalue weighted by Crippen LogP contribution is -2.20. The van der Waals surface area contributed by atoms with Crippen LogP contribution < -0.4 is 5.73 Å². The van der Waals surface area contributed by atoms with E-state index in [9.17, 15) is 4.39 Å². The molecular formula is C12H16FNS. The molecule has 1 fully saturated rings. The molecule has 1 aliphatic carbocycles. The maximum atomic E-state index is 12.2. The smallest absolute Gasteiger partial charge is 0.0988 e. The second-order valence-corrected chi connectivity index (χ2v) is 5.15. The van der Waals surface area contributed by atoms with Crippen molar-refractivity contribution in [2.75, 3.05) is 19.0 Å². The summed E-state index contributed by atoms with van der Waals surface area (Å²) in [6.45, 7) is 0.439. The molecule has 0 aliphatic heterocycles. The molecule has 82 valence electrons. The minimum Gasteiger partial charge on any atom is -0.330 e. The molecule has 1 saturated carbocycles. The van der Waals surface area contributed by atoms with E-state index in [1.165, 1.54) is 23.3 Å². The van der Waals surface area contributed by atoms with Gasteiger partial charge < -0.3 is 5.73 Å². The Bertz CT molecular complexity index is 336. The minimum absolute atomic E-state index is 0.208. The summed E-state index contributed by atoms with van der Waals surface area (Å²) in [6, 6.07) is 8.27.